The molecule has 37 heavy (non-hydrogen) atoms. The highest BCUT2D eigenvalue weighted by Crippen LogP contribution is 2.42. The molecule has 7 heteroatoms. The number of nitrogens with zero attached hydrogens (tertiary/aromatic N) is 4. The predicted molar refractivity (Wildman–Crippen MR) is 144 cm³/mol. The van der Waals surface area contributed by atoms with E-state index in [1.165, 1.54) is 12.8 Å². The molecule has 7 nitrogen and oxygen atoms in total. The van der Waals surface area contributed by atoms with Crippen LogP contribution in [-0.2, 0) is 11.3 Å². The van der Waals surface area contributed by atoms with Crippen LogP contribution < -0.4 is 5.32 Å². The number of hydrogen-bond donors (Lipinski definition) is 1. The van der Waals surface area contributed by atoms with E-state index in [2.05, 4.69) is 57.9 Å². The topological polar surface area (TPSA) is 72.3 Å². The van der Waals surface area contributed by atoms with Crippen LogP contribution in [0.3, 0.4) is 0 Å². The van der Waals surface area contributed by atoms with Crippen LogP contribution in [0.1, 0.15) is 86.7 Å². The van der Waals surface area contributed by atoms with Gasteiger partial charge in [-0.3, -0.25) is 4.90 Å². The van der Waals surface area contributed by atoms with E-state index in [-0.39, 0.29) is 18.7 Å². The molecule has 5 rings (SSSR count). The van der Waals surface area contributed by atoms with Gasteiger partial charge in [0.2, 0.25) is 0 Å². The Kier molecular flexibility index (Phi) is 7.89. The van der Waals surface area contributed by atoms with Crippen LogP contribution in [0.25, 0.3) is 0 Å². The highest BCUT2D eigenvalue weighted by molar-refractivity contribution is 5.68. The Morgan fingerprint density at radius 3 is 2.27 bits per heavy atom. The Morgan fingerprint density at radius 1 is 0.973 bits per heavy atom. The van der Waals surface area contributed by atoms with E-state index < -0.39 is 0 Å². The molecule has 0 radical (unpaired) electrons. The second-order valence-corrected chi connectivity index (χ2v) is 10.8. The van der Waals surface area contributed by atoms with Crippen LogP contribution >= 0.6 is 0 Å². The van der Waals surface area contributed by atoms with Gasteiger partial charge >= 0.3 is 6.09 Å². The first-order valence-corrected chi connectivity index (χ1v) is 13.7. The first-order chi connectivity index (χ1) is 18.0. The van der Waals surface area contributed by atoms with Crippen molar-refractivity contribution in [1.29, 1.82) is 0 Å². The highest BCUT2D eigenvalue weighted by atomic mass is 16.5. The zero-order valence-electron chi connectivity index (χ0n) is 22.2. The van der Waals surface area contributed by atoms with Crippen molar-refractivity contribution >= 4 is 6.09 Å². The van der Waals surface area contributed by atoms with Crippen molar-refractivity contribution in [2.45, 2.75) is 89.6 Å². The van der Waals surface area contributed by atoms with Crippen molar-refractivity contribution < 1.29 is 9.53 Å². The fourth-order valence-electron chi connectivity index (χ4n) is 6.24. The molecule has 1 amide bonds. The lowest BCUT2D eigenvalue weighted by molar-refractivity contribution is 0.0976. The van der Waals surface area contributed by atoms with Crippen LogP contribution in [0.5, 0.6) is 0 Å². The third-order valence-corrected chi connectivity index (χ3v) is 8.02. The summed E-state index contributed by atoms with van der Waals surface area (Å²) in [6.45, 7) is 7.71. The SMILES string of the molecule is Cc1nnc(C(C)C)n1C1CC2CCC(C1)N2CC[C@H](NC(=O)OCc1ccccc1)c1ccccc1. The summed E-state index contributed by atoms with van der Waals surface area (Å²) in [5, 5.41) is 12.0. The van der Waals surface area contributed by atoms with Crippen LogP contribution in [0.2, 0.25) is 0 Å². The number of hydrogen-bond acceptors (Lipinski definition) is 5. The lowest BCUT2D eigenvalue weighted by atomic mass is 9.95. The Balaban J connectivity index is 1.22. The summed E-state index contributed by atoms with van der Waals surface area (Å²) in [4.78, 5) is 15.4. The first kappa shape index (κ1) is 25.5. The summed E-state index contributed by atoms with van der Waals surface area (Å²) >= 11 is 0. The predicted octanol–water partition coefficient (Wildman–Crippen LogP) is 5.94. The van der Waals surface area contributed by atoms with Gasteiger partial charge in [-0.15, -0.1) is 10.2 Å². The third kappa shape index (κ3) is 5.87. The molecule has 0 aliphatic carbocycles. The number of aromatic nitrogens is 3. The minimum absolute atomic E-state index is 0.0887. The standard InChI is InChI=1S/C30H39N5O2/c1-21(2)29-33-32-22(3)35(29)27-18-25-14-15-26(19-27)34(25)17-16-28(24-12-8-5-9-13-24)31-30(36)37-20-23-10-6-4-7-11-23/h4-13,21,25-28H,14-20H2,1-3H3,(H,31,36)/t25?,26?,27?,28-/m0/s1. The van der Waals surface area contributed by atoms with Gasteiger partial charge in [-0.05, 0) is 50.2 Å². The summed E-state index contributed by atoms with van der Waals surface area (Å²) in [5.41, 5.74) is 2.10. The number of carbonyl (C=O) groups excluding carboxylic acids is 1. The molecule has 2 fully saturated rings. The van der Waals surface area contributed by atoms with Gasteiger partial charge in [0.1, 0.15) is 18.3 Å². The van der Waals surface area contributed by atoms with E-state index in [1.54, 1.807) is 0 Å². The van der Waals surface area contributed by atoms with E-state index >= 15 is 0 Å². The Hall–Kier alpha value is -3.19. The van der Waals surface area contributed by atoms with Gasteiger partial charge in [-0.1, -0.05) is 74.5 Å². The minimum atomic E-state index is -0.372. The summed E-state index contributed by atoms with van der Waals surface area (Å²) in [6.07, 6.45) is 5.23. The number of benzene rings is 2. The molecule has 3 aromatic rings. The van der Waals surface area contributed by atoms with Crippen molar-refractivity contribution in [1.82, 2.24) is 25.0 Å². The molecule has 196 valence electrons. The van der Waals surface area contributed by atoms with Crippen molar-refractivity contribution in [3.8, 4) is 0 Å². The van der Waals surface area contributed by atoms with E-state index in [1.807, 2.05) is 48.5 Å². The molecular formula is C30H39N5O2. The molecule has 1 aromatic heterocycles. The normalized spacial score (nSPS) is 22.2. The fraction of sp³-hybridized carbons (Fsp3) is 0.500. The molecule has 2 unspecified atom stereocenters. The van der Waals surface area contributed by atoms with Crippen molar-refractivity contribution in [3.63, 3.8) is 0 Å². The molecule has 1 N–H and O–H groups in total. The molecular weight excluding hydrogens is 462 g/mol. The van der Waals surface area contributed by atoms with Crippen molar-refractivity contribution in [3.05, 3.63) is 83.4 Å². The summed E-state index contributed by atoms with van der Waals surface area (Å²) in [6, 6.07) is 21.6. The summed E-state index contributed by atoms with van der Waals surface area (Å²) in [5.74, 6) is 2.51. The van der Waals surface area contributed by atoms with Gasteiger partial charge < -0.3 is 14.6 Å². The van der Waals surface area contributed by atoms with E-state index in [4.69, 9.17) is 4.74 Å². The average Bonchev–Trinajstić information content (AvgIpc) is 3.41. The smallest absolute Gasteiger partial charge is 0.407 e. The van der Waals surface area contributed by atoms with Gasteiger partial charge in [0.25, 0.3) is 0 Å². The number of piperidine rings is 1. The number of fused-ring (bicyclic) bond motifs is 2. The molecule has 0 saturated carbocycles. The number of alkyl carbamates (subject to hydrolysis) is 1. The number of ether oxygens (including phenoxy) is 1. The molecule has 2 aliphatic heterocycles. The van der Waals surface area contributed by atoms with E-state index in [9.17, 15) is 4.79 Å². The maximum absolute atomic E-state index is 12.7. The summed E-state index contributed by atoms with van der Waals surface area (Å²) < 4.78 is 7.95. The Labute approximate surface area is 220 Å². The Morgan fingerprint density at radius 2 is 1.62 bits per heavy atom. The van der Waals surface area contributed by atoms with Gasteiger partial charge in [0, 0.05) is 30.6 Å². The van der Waals surface area contributed by atoms with Crippen LogP contribution in [0, 0.1) is 6.92 Å². The number of nitrogens with one attached hydrogen (secondary N) is 1. The third-order valence-electron chi connectivity index (χ3n) is 8.02. The quantitative estimate of drug-likeness (QED) is 0.393. The molecule has 2 aliphatic rings. The zero-order chi connectivity index (χ0) is 25.8. The van der Waals surface area contributed by atoms with Gasteiger partial charge in [0.05, 0.1) is 6.04 Å². The second-order valence-electron chi connectivity index (χ2n) is 10.8. The highest BCUT2D eigenvalue weighted by Gasteiger charge is 2.42. The van der Waals surface area contributed by atoms with Gasteiger partial charge in [-0.2, -0.15) is 0 Å². The summed E-state index contributed by atoms with van der Waals surface area (Å²) in [7, 11) is 0. The van der Waals surface area contributed by atoms with Gasteiger partial charge in [-0.25, -0.2) is 4.79 Å². The monoisotopic (exact) mass is 501 g/mol. The number of aryl methyl sites for hydroxylation is 1. The number of amides is 1. The van der Waals surface area contributed by atoms with Crippen LogP contribution in [-0.4, -0.2) is 44.4 Å². The maximum atomic E-state index is 12.7. The molecule has 2 saturated heterocycles. The lowest BCUT2D eigenvalue weighted by Gasteiger charge is -2.40. The first-order valence-electron chi connectivity index (χ1n) is 13.7. The van der Waals surface area contributed by atoms with Crippen molar-refractivity contribution in [2.24, 2.45) is 0 Å². The molecule has 2 bridgehead atoms. The number of rotatable bonds is 9. The number of carbonyl (C=O) groups is 1. The zero-order valence-corrected chi connectivity index (χ0v) is 22.2. The molecule has 3 heterocycles. The largest absolute Gasteiger partial charge is 0.445 e. The van der Waals surface area contributed by atoms with E-state index in [0.717, 1.165) is 48.6 Å². The maximum Gasteiger partial charge on any atom is 0.407 e. The van der Waals surface area contributed by atoms with E-state index in [0.29, 0.717) is 24.0 Å². The molecule has 2 aromatic carbocycles. The molecule has 3 atom stereocenters. The Bertz CT molecular complexity index is 1150. The lowest BCUT2D eigenvalue weighted by Crippen LogP contribution is -2.45. The van der Waals surface area contributed by atoms with Crippen LogP contribution in [0.15, 0.2) is 60.7 Å². The van der Waals surface area contributed by atoms with Gasteiger partial charge in [0.15, 0.2) is 0 Å². The molecule has 0 spiro atoms. The minimum Gasteiger partial charge on any atom is -0.445 e. The average molecular weight is 502 g/mol. The second kappa shape index (κ2) is 11.5. The van der Waals surface area contributed by atoms with Crippen molar-refractivity contribution in [2.75, 3.05) is 6.54 Å². The fourth-order valence-corrected chi connectivity index (χ4v) is 6.24. The van der Waals surface area contributed by atoms with Crippen LogP contribution in [0.4, 0.5) is 4.79 Å².